The molecule has 1 aliphatic rings. The van der Waals surface area contributed by atoms with Gasteiger partial charge in [-0.2, -0.15) is 0 Å². The Bertz CT molecular complexity index is 3020. The monoisotopic (exact) mass is 715 g/mol. The minimum absolute atomic E-state index is 0.0483. The van der Waals surface area contributed by atoms with Gasteiger partial charge in [0.1, 0.15) is 11.2 Å². The number of hydrogen-bond acceptors (Lipinski definition) is 4. The molecule has 1 unspecified atom stereocenters. The maximum absolute atomic E-state index is 6.91. The molecular weight excluding hydrogens is 683 g/mol. The lowest BCUT2D eigenvalue weighted by molar-refractivity contribution is 0.661. The Labute approximate surface area is 324 Å². The predicted molar refractivity (Wildman–Crippen MR) is 227 cm³/mol. The van der Waals surface area contributed by atoms with E-state index >= 15 is 0 Å². The van der Waals surface area contributed by atoms with Gasteiger partial charge in [0.05, 0.1) is 0 Å². The third kappa shape index (κ3) is 5.42. The van der Waals surface area contributed by atoms with Gasteiger partial charge in [-0.15, -0.1) is 0 Å². The number of nitrogens with zero attached hydrogens (tertiary/aromatic N) is 3. The Kier molecular flexibility index (Phi) is 7.52. The van der Waals surface area contributed by atoms with Gasteiger partial charge in [-0.1, -0.05) is 170 Å². The lowest BCUT2D eigenvalue weighted by Gasteiger charge is -2.16. The number of fused-ring (bicyclic) bond motifs is 6. The summed E-state index contributed by atoms with van der Waals surface area (Å²) in [5, 5.41) is 2.22. The van der Waals surface area contributed by atoms with Crippen molar-refractivity contribution in [2.24, 2.45) is 0 Å². The van der Waals surface area contributed by atoms with E-state index in [0.29, 0.717) is 17.5 Å². The topological polar surface area (TPSA) is 51.8 Å². The van der Waals surface area contributed by atoms with E-state index in [1.807, 2.05) is 60.7 Å². The van der Waals surface area contributed by atoms with Crippen LogP contribution in [0.5, 0.6) is 0 Å². The third-order valence-corrected chi connectivity index (χ3v) is 11.0. The molecule has 8 aromatic carbocycles. The average molecular weight is 716 g/mol. The standard InChI is InChI=1S/C52H33N3O/c1-4-14-33(15-5-1)37-26-28-41-40-22-10-11-23-43(40)48(46(41)31-37)45-25-13-24-44-42-29-27-38(32-47(42)56-49(44)45)36-20-12-21-39(30-36)52-54-50(34-16-6-2-7-17-34)53-51(55-52)35-18-8-3-9-19-35/h1-32,48H. The Hall–Kier alpha value is -7.43. The highest BCUT2D eigenvalue weighted by Gasteiger charge is 2.32. The van der Waals surface area contributed by atoms with E-state index in [9.17, 15) is 0 Å². The Balaban J connectivity index is 1.01. The van der Waals surface area contributed by atoms with Gasteiger partial charge in [0, 0.05) is 38.9 Å². The second kappa shape index (κ2) is 13.2. The Morgan fingerprint density at radius 3 is 1.57 bits per heavy atom. The van der Waals surface area contributed by atoms with Crippen molar-refractivity contribution in [3.05, 3.63) is 211 Å². The molecule has 0 aliphatic heterocycles. The van der Waals surface area contributed by atoms with Crippen molar-refractivity contribution in [3.63, 3.8) is 0 Å². The number of para-hydroxylation sites is 1. The summed E-state index contributed by atoms with van der Waals surface area (Å²) in [7, 11) is 0. The number of furan rings is 1. The van der Waals surface area contributed by atoms with Crippen molar-refractivity contribution < 1.29 is 4.42 Å². The largest absolute Gasteiger partial charge is 0.456 e. The van der Waals surface area contributed by atoms with Crippen molar-refractivity contribution in [2.45, 2.75) is 5.92 Å². The first-order valence-electron chi connectivity index (χ1n) is 19.0. The van der Waals surface area contributed by atoms with Gasteiger partial charge in [-0.25, -0.2) is 15.0 Å². The summed E-state index contributed by atoms with van der Waals surface area (Å²) in [6.07, 6.45) is 0. The van der Waals surface area contributed by atoms with Crippen LogP contribution in [0.3, 0.4) is 0 Å². The van der Waals surface area contributed by atoms with E-state index < -0.39 is 0 Å². The smallest absolute Gasteiger partial charge is 0.164 e. The number of benzene rings is 8. The molecule has 1 aliphatic carbocycles. The predicted octanol–water partition coefficient (Wildman–Crippen LogP) is 13.3. The number of hydrogen-bond donors (Lipinski definition) is 0. The molecule has 0 bridgehead atoms. The summed E-state index contributed by atoms with van der Waals surface area (Å²) in [6.45, 7) is 0. The molecule has 0 N–H and O–H groups in total. The molecule has 0 radical (unpaired) electrons. The summed E-state index contributed by atoms with van der Waals surface area (Å²) in [5.41, 5.74) is 15.5. The van der Waals surface area contributed by atoms with Gasteiger partial charge >= 0.3 is 0 Å². The quantitative estimate of drug-likeness (QED) is 0.172. The third-order valence-electron chi connectivity index (χ3n) is 11.0. The molecule has 0 amide bonds. The van der Waals surface area contributed by atoms with Crippen molar-refractivity contribution in [2.75, 3.05) is 0 Å². The van der Waals surface area contributed by atoms with Crippen LogP contribution in [0.15, 0.2) is 199 Å². The van der Waals surface area contributed by atoms with Crippen LogP contribution in [0.2, 0.25) is 0 Å². The highest BCUT2D eigenvalue weighted by Crippen LogP contribution is 2.51. The summed E-state index contributed by atoms with van der Waals surface area (Å²) in [6, 6.07) is 68.1. The van der Waals surface area contributed by atoms with Crippen LogP contribution in [0, 0.1) is 0 Å². The molecule has 0 spiro atoms. The minimum Gasteiger partial charge on any atom is -0.456 e. The first-order valence-corrected chi connectivity index (χ1v) is 19.0. The maximum atomic E-state index is 6.91. The molecule has 4 heteroatoms. The van der Waals surface area contributed by atoms with Crippen LogP contribution in [0.4, 0.5) is 0 Å². The minimum atomic E-state index is 0.0483. The summed E-state index contributed by atoms with van der Waals surface area (Å²) < 4.78 is 6.91. The molecule has 0 fully saturated rings. The summed E-state index contributed by atoms with van der Waals surface area (Å²) in [5.74, 6) is 1.96. The zero-order valence-corrected chi connectivity index (χ0v) is 30.3. The molecule has 4 nitrogen and oxygen atoms in total. The van der Waals surface area contributed by atoms with Gasteiger partial charge in [0.2, 0.25) is 0 Å². The number of aromatic nitrogens is 3. The molecule has 10 aromatic rings. The zero-order chi connectivity index (χ0) is 37.0. The molecule has 1 atom stereocenters. The fraction of sp³-hybridized carbons (Fsp3) is 0.0192. The van der Waals surface area contributed by atoms with Crippen molar-refractivity contribution in [3.8, 4) is 67.5 Å². The molecule has 2 aromatic heterocycles. The summed E-state index contributed by atoms with van der Waals surface area (Å²) in [4.78, 5) is 14.8. The lowest BCUT2D eigenvalue weighted by atomic mass is 9.87. The lowest BCUT2D eigenvalue weighted by Crippen LogP contribution is -2.00. The maximum Gasteiger partial charge on any atom is 0.164 e. The van der Waals surface area contributed by atoms with Crippen molar-refractivity contribution >= 4 is 21.9 Å². The van der Waals surface area contributed by atoms with Crippen molar-refractivity contribution in [1.82, 2.24) is 15.0 Å². The van der Waals surface area contributed by atoms with Crippen LogP contribution >= 0.6 is 0 Å². The molecule has 0 saturated heterocycles. The van der Waals surface area contributed by atoms with Crippen LogP contribution in [0.1, 0.15) is 22.6 Å². The first kappa shape index (κ1) is 32.0. The van der Waals surface area contributed by atoms with Crippen LogP contribution in [-0.2, 0) is 0 Å². The SMILES string of the molecule is c1ccc(-c2ccc3c(c2)C(c2cccc4c2oc2cc(-c5cccc(-c6nc(-c7ccccc7)nc(-c7ccccc7)n6)c5)ccc24)c2ccccc2-3)cc1. The highest BCUT2D eigenvalue weighted by atomic mass is 16.3. The molecule has 262 valence electrons. The zero-order valence-electron chi connectivity index (χ0n) is 30.3. The normalized spacial score (nSPS) is 13.2. The fourth-order valence-electron chi connectivity index (χ4n) is 8.36. The van der Waals surface area contributed by atoms with Gasteiger partial charge in [-0.05, 0) is 68.8 Å². The second-order valence-electron chi connectivity index (χ2n) is 14.3. The molecular formula is C52H33N3O. The molecule has 56 heavy (non-hydrogen) atoms. The Morgan fingerprint density at radius 1 is 0.321 bits per heavy atom. The van der Waals surface area contributed by atoms with Crippen LogP contribution in [-0.4, -0.2) is 15.0 Å². The van der Waals surface area contributed by atoms with Crippen LogP contribution < -0.4 is 0 Å². The fourth-order valence-corrected chi connectivity index (χ4v) is 8.36. The van der Waals surface area contributed by atoms with Crippen LogP contribution in [0.25, 0.3) is 89.5 Å². The van der Waals surface area contributed by atoms with E-state index in [1.54, 1.807) is 0 Å². The Morgan fingerprint density at radius 2 is 0.839 bits per heavy atom. The molecule has 11 rings (SSSR count). The first-order chi connectivity index (χ1) is 27.7. The average Bonchev–Trinajstić information content (AvgIpc) is 3.82. The molecule has 0 saturated carbocycles. The van der Waals surface area contributed by atoms with Crippen molar-refractivity contribution in [1.29, 1.82) is 0 Å². The van der Waals surface area contributed by atoms with Gasteiger partial charge < -0.3 is 4.42 Å². The van der Waals surface area contributed by atoms with E-state index in [0.717, 1.165) is 49.8 Å². The van der Waals surface area contributed by atoms with E-state index in [2.05, 4.69) is 133 Å². The summed E-state index contributed by atoms with van der Waals surface area (Å²) >= 11 is 0. The number of rotatable bonds is 6. The molecule has 2 heterocycles. The van der Waals surface area contributed by atoms with E-state index in [1.165, 1.54) is 38.9 Å². The van der Waals surface area contributed by atoms with Gasteiger partial charge in [0.15, 0.2) is 17.5 Å². The van der Waals surface area contributed by atoms with Gasteiger partial charge in [-0.3, -0.25) is 0 Å². The van der Waals surface area contributed by atoms with E-state index in [4.69, 9.17) is 19.4 Å². The van der Waals surface area contributed by atoms with Gasteiger partial charge in [0.25, 0.3) is 0 Å². The second-order valence-corrected chi connectivity index (χ2v) is 14.3. The van der Waals surface area contributed by atoms with E-state index in [-0.39, 0.29) is 5.92 Å². The highest BCUT2D eigenvalue weighted by molar-refractivity contribution is 6.07.